The largest absolute Gasteiger partial charge is 0.345 e. The monoisotopic (exact) mass is 455 g/mol. The minimum Gasteiger partial charge on any atom is -0.345 e. The van der Waals surface area contributed by atoms with E-state index in [0.29, 0.717) is 11.6 Å². The Bertz CT molecular complexity index is 1300. The van der Waals surface area contributed by atoms with E-state index in [-0.39, 0.29) is 11.9 Å². The molecule has 3 heterocycles. The highest BCUT2D eigenvalue weighted by molar-refractivity contribution is 7.10. The van der Waals surface area contributed by atoms with Crippen LogP contribution >= 0.6 is 11.3 Å². The van der Waals surface area contributed by atoms with Gasteiger partial charge >= 0.3 is 0 Å². The average molecular weight is 456 g/mol. The third-order valence-corrected chi connectivity index (χ3v) is 7.68. The van der Waals surface area contributed by atoms with Crippen LogP contribution in [0.3, 0.4) is 0 Å². The molecule has 1 aliphatic heterocycles. The Hall–Kier alpha value is -3.50. The van der Waals surface area contributed by atoms with Gasteiger partial charge in [0.15, 0.2) is 5.96 Å². The quantitative estimate of drug-likeness (QED) is 0.570. The van der Waals surface area contributed by atoms with Crippen molar-refractivity contribution in [3.05, 3.63) is 69.8 Å². The summed E-state index contributed by atoms with van der Waals surface area (Å²) in [4.78, 5) is 24.4. The third-order valence-electron chi connectivity index (χ3n) is 6.51. The molecule has 2 aliphatic rings. The fourth-order valence-electron chi connectivity index (χ4n) is 4.46. The lowest BCUT2D eigenvalue weighted by Gasteiger charge is -2.45. The molecule has 2 aromatic heterocycles. The van der Waals surface area contributed by atoms with Gasteiger partial charge in [0.1, 0.15) is 12.0 Å². The van der Waals surface area contributed by atoms with Gasteiger partial charge in [-0.3, -0.25) is 15.1 Å². The van der Waals surface area contributed by atoms with Crippen molar-refractivity contribution in [1.29, 1.82) is 5.41 Å². The van der Waals surface area contributed by atoms with Crippen molar-refractivity contribution in [1.82, 2.24) is 20.2 Å². The van der Waals surface area contributed by atoms with Crippen LogP contribution in [-0.2, 0) is 10.3 Å². The molecule has 2 N–H and O–H groups in total. The molecule has 33 heavy (non-hydrogen) atoms. The minimum absolute atomic E-state index is 0.0853. The maximum Gasteiger partial charge on any atom is 0.239 e. The van der Waals surface area contributed by atoms with Crippen molar-refractivity contribution in [2.24, 2.45) is 0 Å². The molecule has 166 valence electrons. The van der Waals surface area contributed by atoms with Gasteiger partial charge in [0.25, 0.3) is 0 Å². The number of likely N-dealkylation sites (N-methyl/N-ethyl adjacent to an activating group) is 1. The van der Waals surface area contributed by atoms with Crippen LogP contribution in [0.25, 0.3) is 11.3 Å². The summed E-state index contributed by atoms with van der Waals surface area (Å²) in [6, 6.07) is 12.4. The van der Waals surface area contributed by atoms with Gasteiger partial charge in [0, 0.05) is 22.9 Å². The lowest BCUT2D eigenvalue weighted by molar-refractivity contribution is -0.131. The number of rotatable bonds is 4. The van der Waals surface area contributed by atoms with Crippen LogP contribution in [0.5, 0.6) is 0 Å². The van der Waals surface area contributed by atoms with Crippen LogP contribution in [0.2, 0.25) is 0 Å². The number of nitrogens with zero attached hydrogens (tertiary/aromatic N) is 3. The number of amides is 1. The molecular weight excluding hydrogens is 430 g/mol. The average Bonchev–Trinajstić information content (AvgIpc) is 3.54. The molecule has 0 bridgehead atoms. The van der Waals surface area contributed by atoms with Crippen molar-refractivity contribution < 1.29 is 4.79 Å². The molecule has 1 aliphatic carbocycles. The molecule has 0 unspecified atom stereocenters. The first-order valence-electron chi connectivity index (χ1n) is 11.0. The molecule has 6 nitrogen and oxygen atoms in total. The van der Waals surface area contributed by atoms with Crippen molar-refractivity contribution in [2.75, 3.05) is 7.05 Å². The molecule has 1 saturated heterocycles. The van der Waals surface area contributed by atoms with Gasteiger partial charge in [0.2, 0.25) is 5.91 Å². The molecule has 0 radical (unpaired) electrons. The van der Waals surface area contributed by atoms with Gasteiger partial charge in [-0.05, 0) is 61.8 Å². The van der Waals surface area contributed by atoms with Gasteiger partial charge in [-0.25, -0.2) is 9.97 Å². The van der Waals surface area contributed by atoms with Gasteiger partial charge in [-0.15, -0.1) is 11.3 Å². The SMILES string of the molecule is CC#Cc1cc(-c2csc([C@@]3(C)NC(=N)N(C)C(=O)[C@H]3c3ccc(C4CC4)cc3)c2)ncn1. The molecule has 2 atom stereocenters. The fraction of sp³-hybridized carbons (Fsp3) is 0.308. The van der Waals surface area contributed by atoms with E-state index in [2.05, 4.69) is 57.5 Å². The summed E-state index contributed by atoms with van der Waals surface area (Å²) in [5.74, 6) is 6.06. The minimum atomic E-state index is -0.760. The van der Waals surface area contributed by atoms with Crippen molar-refractivity contribution in [2.45, 2.75) is 44.1 Å². The molecule has 2 fully saturated rings. The Morgan fingerprint density at radius 2 is 1.91 bits per heavy atom. The highest BCUT2D eigenvalue weighted by Gasteiger charge is 2.49. The first-order chi connectivity index (χ1) is 15.9. The third kappa shape index (κ3) is 3.81. The first-order valence-corrected chi connectivity index (χ1v) is 11.9. The zero-order valence-electron chi connectivity index (χ0n) is 18.8. The van der Waals surface area contributed by atoms with Crippen molar-refractivity contribution in [3.8, 4) is 23.1 Å². The topological polar surface area (TPSA) is 82.0 Å². The fourth-order valence-corrected chi connectivity index (χ4v) is 5.52. The zero-order valence-corrected chi connectivity index (χ0v) is 19.7. The summed E-state index contributed by atoms with van der Waals surface area (Å²) in [5.41, 5.74) is 3.93. The zero-order chi connectivity index (χ0) is 23.2. The highest BCUT2D eigenvalue weighted by atomic mass is 32.1. The number of carbonyl (C=O) groups excluding carboxylic acids is 1. The molecule has 1 aromatic carbocycles. The number of aromatic nitrogens is 2. The maximum absolute atomic E-state index is 13.5. The Morgan fingerprint density at radius 3 is 2.61 bits per heavy atom. The Morgan fingerprint density at radius 1 is 1.18 bits per heavy atom. The van der Waals surface area contributed by atoms with Gasteiger partial charge in [-0.2, -0.15) is 0 Å². The lowest BCUT2D eigenvalue weighted by atomic mass is 9.76. The molecule has 0 spiro atoms. The van der Waals surface area contributed by atoms with E-state index in [1.54, 1.807) is 25.3 Å². The first kappa shape index (κ1) is 21.4. The summed E-state index contributed by atoms with van der Waals surface area (Å²) in [7, 11) is 1.65. The van der Waals surface area contributed by atoms with Crippen molar-refractivity contribution in [3.63, 3.8) is 0 Å². The second-order valence-electron chi connectivity index (χ2n) is 8.81. The Labute approximate surface area is 197 Å². The van der Waals surface area contributed by atoms with Gasteiger partial charge in [-0.1, -0.05) is 30.2 Å². The van der Waals surface area contributed by atoms with Crippen molar-refractivity contribution >= 4 is 23.2 Å². The number of carbonyl (C=O) groups is 1. The van der Waals surface area contributed by atoms with Crippen LogP contribution in [0.1, 0.15) is 60.2 Å². The number of thiophene rings is 1. The number of nitrogens with one attached hydrogen (secondary N) is 2. The normalized spacial score (nSPS) is 22.5. The van der Waals surface area contributed by atoms with Crippen LogP contribution in [-0.4, -0.2) is 33.8 Å². The number of hydrogen-bond acceptors (Lipinski definition) is 5. The van der Waals surface area contributed by atoms with E-state index in [1.807, 2.05) is 18.4 Å². The standard InChI is InChI=1S/C26H25N5OS/c1-4-5-20-13-21(29-15-28-20)19-12-22(33-14-19)26(2)23(24(32)31(3)25(27)30-26)18-10-8-17(9-11-18)16-6-7-16/h8-16,23H,6-7H2,1-3H3,(H2,27,30)/t23-,26-/m1/s1. The van der Waals surface area contributed by atoms with Crippen LogP contribution in [0.15, 0.2) is 48.1 Å². The predicted octanol–water partition coefficient (Wildman–Crippen LogP) is 4.45. The molecular formula is C26H25N5OS. The number of benzene rings is 1. The predicted molar refractivity (Wildman–Crippen MR) is 130 cm³/mol. The van der Waals surface area contributed by atoms with E-state index in [0.717, 1.165) is 21.7 Å². The van der Waals surface area contributed by atoms with Gasteiger partial charge in [0.05, 0.1) is 17.2 Å². The van der Waals surface area contributed by atoms with Crippen LogP contribution in [0.4, 0.5) is 0 Å². The van der Waals surface area contributed by atoms with E-state index < -0.39 is 11.5 Å². The van der Waals surface area contributed by atoms with E-state index in [4.69, 9.17) is 5.41 Å². The molecule has 5 rings (SSSR count). The van der Waals surface area contributed by atoms with E-state index >= 15 is 0 Å². The second kappa shape index (κ2) is 8.13. The summed E-state index contributed by atoms with van der Waals surface area (Å²) in [6.45, 7) is 3.79. The molecule has 1 amide bonds. The van der Waals surface area contributed by atoms with Crippen LogP contribution < -0.4 is 5.32 Å². The van der Waals surface area contributed by atoms with E-state index in [1.165, 1.54) is 29.6 Å². The maximum atomic E-state index is 13.5. The Kier molecular flexibility index (Phi) is 5.26. The Balaban J connectivity index is 1.55. The number of hydrogen-bond donors (Lipinski definition) is 2. The summed E-state index contributed by atoms with van der Waals surface area (Å²) in [5, 5.41) is 13.8. The molecule has 7 heteroatoms. The summed E-state index contributed by atoms with van der Waals surface area (Å²) >= 11 is 1.56. The lowest BCUT2D eigenvalue weighted by Crippen LogP contribution is -2.62. The number of guanidine groups is 1. The van der Waals surface area contributed by atoms with Crippen LogP contribution in [0, 0.1) is 17.3 Å². The summed E-state index contributed by atoms with van der Waals surface area (Å²) < 4.78 is 0. The second-order valence-corrected chi connectivity index (χ2v) is 9.72. The highest BCUT2D eigenvalue weighted by Crippen LogP contribution is 2.45. The molecule has 1 saturated carbocycles. The summed E-state index contributed by atoms with van der Waals surface area (Å²) in [6.07, 6.45) is 4.01. The molecule has 3 aromatic rings. The van der Waals surface area contributed by atoms with E-state index in [9.17, 15) is 4.79 Å². The van der Waals surface area contributed by atoms with Gasteiger partial charge < -0.3 is 5.32 Å². The smallest absolute Gasteiger partial charge is 0.239 e.